The number of thioether (sulfide) groups is 2. The first kappa shape index (κ1) is 14.5. The Morgan fingerprint density at radius 2 is 1.44 bits per heavy atom. The van der Waals surface area contributed by atoms with Gasteiger partial charge in [-0.3, -0.25) is 0 Å². The van der Waals surface area contributed by atoms with Crippen LogP contribution < -0.4 is 0 Å². The molecule has 0 aromatic carbocycles. The second-order valence-corrected chi connectivity index (χ2v) is 9.61. The Kier molecular flexibility index (Phi) is 4.51. The summed E-state index contributed by atoms with van der Waals surface area (Å²) in [5, 5.41) is 0. The zero-order valence-electron chi connectivity index (χ0n) is 11.6. The summed E-state index contributed by atoms with van der Waals surface area (Å²) < 4.78 is 0.276. The molecule has 0 N–H and O–H groups in total. The highest BCUT2D eigenvalue weighted by Gasteiger charge is 2.42. The largest absolute Gasteiger partial charge is 0.139 e. The lowest BCUT2D eigenvalue weighted by Crippen LogP contribution is -2.37. The van der Waals surface area contributed by atoms with Crippen molar-refractivity contribution in [3.8, 4) is 0 Å². The van der Waals surface area contributed by atoms with Gasteiger partial charge in [-0.15, -0.1) is 23.5 Å². The average molecular weight is 258 g/mol. The van der Waals surface area contributed by atoms with Gasteiger partial charge in [0.15, 0.2) is 0 Å². The molecule has 0 bridgehead atoms. The lowest BCUT2D eigenvalue weighted by atomic mass is 9.88. The molecule has 1 aliphatic rings. The van der Waals surface area contributed by atoms with Crippen LogP contribution in [0, 0.1) is 10.8 Å². The Labute approximate surface area is 110 Å². The van der Waals surface area contributed by atoms with Crippen molar-refractivity contribution < 1.29 is 0 Å². The topological polar surface area (TPSA) is 0 Å². The van der Waals surface area contributed by atoms with Gasteiger partial charge in [-0.2, -0.15) is 0 Å². The minimum absolute atomic E-state index is 0.276. The number of hydrogen-bond acceptors (Lipinski definition) is 2. The van der Waals surface area contributed by atoms with Crippen molar-refractivity contribution >= 4 is 23.5 Å². The van der Waals surface area contributed by atoms with Crippen LogP contribution in [0.2, 0.25) is 0 Å². The summed E-state index contributed by atoms with van der Waals surface area (Å²) in [6.07, 6.45) is 6.22. The summed E-state index contributed by atoms with van der Waals surface area (Å²) in [5.41, 5.74) is 0.612. The van der Waals surface area contributed by atoms with E-state index in [1.807, 2.05) is 0 Å². The molecule has 2 heteroatoms. The van der Waals surface area contributed by atoms with E-state index < -0.39 is 0 Å². The van der Waals surface area contributed by atoms with E-state index in [4.69, 9.17) is 0 Å². The van der Waals surface area contributed by atoms with Gasteiger partial charge >= 0.3 is 0 Å². The average Bonchev–Trinajstić information content (AvgIpc) is 2.13. The van der Waals surface area contributed by atoms with Crippen molar-refractivity contribution in [2.45, 2.75) is 52.0 Å². The Morgan fingerprint density at radius 1 is 0.938 bits per heavy atom. The van der Waals surface area contributed by atoms with Crippen LogP contribution in [0.1, 0.15) is 48.0 Å². The summed E-state index contributed by atoms with van der Waals surface area (Å²) in [7, 11) is 0. The summed E-state index contributed by atoms with van der Waals surface area (Å²) in [6.45, 7) is 13.9. The molecule has 0 nitrogen and oxygen atoms in total. The predicted molar refractivity (Wildman–Crippen MR) is 80.3 cm³/mol. The van der Waals surface area contributed by atoms with Crippen molar-refractivity contribution in [1.29, 1.82) is 0 Å². The Balaban J connectivity index is 2.92. The molecule has 94 valence electrons. The van der Waals surface area contributed by atoms with Gasteiger partial charge in [0, 0.05) is 0 Å². The van der Waals surface area contributed by atoms with Crippen molar-refractivity contribution in [2.75, 3.05) is 11.5 Å². The third-order valence-electron chi connectivity index (χ3n) is 2.77. The molecule has 0 spiro atoms. The van der Waals surface area contributed by atoms with Crippen LogP contribution in [0.3, 0.4) is 0 Å². The van der Waals surface area contributed by atoms with Gasteiger partial charge in [-0.05, 0) is 28.8 Å². The van der Waals surface area contributed by atoms with Crippen LogP contribution in [-0.4, -0.2) is 15.6 Å². The highest BCUT2D eigenvalue weighted by atomic mass is 32.2. The van der Waals surface area contributed by atoms with Crippen LogP contribution >= 0.6 is 23.5 Å². The van der Waals surface area contributed by atoms with Gasteiger partial charge in [-0.25, -0.2) is 0 Å². The van der Waals surface area contributed by atoms with Crippen LogP contribution in [0.4, 0.5) is 0 Å². The molecular formula is C14H26S2. The predicted octanol–water partition coefficient (Wildman–Crippen LogP) is 5.20. The molecule has 16 heavy (non-hydrogen) atoms. The molecule has 1 heterocycles. The fourth-order valence-corrected chi connectivity index (χ4v) is 5.08. The van der Waals surface area contributed by atoms with Gasteiger partial charge < -0.3 is 0 Å². The molecule has 1 aliphatic heterocycles. The van der Waals surface area contributed by atoms with E-state index in [1.54, 1.807) is 0 Å². The quantitative estimate of drug-likeness (QED) is 0.593. The number of hydrogen-bond donors (Lipinski definition) is 0. The molecule has 0 aromatic rings. The van der Waals surface area contributed by atoms with Gasteiger partial charge in [0.1, 0.15) is 0 Å². The summed E-state index contributed by atoms with van der Waals surface area (Å²) in [5.74, 6) is 2.61. The maximum Gasteiger partial charge on any atom is 0.0839 e. The third kappa shape index (κ3) is 3.73. The van der Waals surface area contributed by atoms with Gasteiger partial charge in [-0.1, -0.05) is 53.7 Å². The summed E-state index contributed by atoms with van der Waals surface area (Å²) in [4.78, 5) is 0. The Morgan fingerprint density at radius 3 is 1.81 bits per heavy atom. The molecule has 0 radical (unpaired) electrons. The first-order chi connectivity index (χ1) is 7.16. The summed E-state index contributed by atoms with van der Waals surface area (Å²) >= 11 is 4.27. The second-order valence-electron chi connectivity index (χ2n) is 6.67. The van der Waals surface area contributed by atoms with E-state index in [-0.39, 0.29) is 9.49 Å². The molecule has 0 aromatic heterocycles. The van der Waals surface area contributed by atoms with Crippen molar-refractivity contribution in [1.82, 2.24) is 0 Å². The first-order valence-electron chi connectivity index (χ1n) is 6.15. The third-order valence-corrected chi connectivity index (χ3v) is 6.82. The minimum atomic E-state index is 0.276. The summed E-state index contributed by atoms with van der Waals surface area (Å²) in [6, 6.07) is 0. The second kappa shape index (κ2) is 4.97. The van der Waals surface area contributed by atoms with Crippen molar-refractivity contribution in [3.05, 3.63) is 12.2 Å². The van der Waals surface area contributed by atoms with E-state index in [9.17, 15) is 0 Å². The van der Waals surface area contributed by atoms with Gasteiger partial charge in [0.25, 0.3) is 0 Å². The van der Waals surface area contributed by atoms with Crippen LogP contribution in [-0.2, 0) is 0 Å². The molecule has 1 rings (SSSR count). The molecule has 0 unspecified atom stereocenters. The maximum absolute atomic E-state index is 2.47. The van der Waals surface area contributed by atoms with E-state index in [1.165, 1.54) is 17.9 Å². The van der Waals surface area contributed by atoms with E-state index in [0.29, 0.717) is 5.41 Å². The molecule has 0 aliphatic carbocycles. The first-order valence-corrected chi connectivity index (χ1v) is 8.12. The smallest absolute Gasteiger partial charge is 0.0839 e. The molecule has 1 saturated heterocycles. The number of allylic oxidation sites excluding steroid dienone is 1. The molecule has 0 atom stereocenters. The van der Waals surface area contributed by atoms with Crippen molar-refractivity contribution in [3.63, 3.8) is 0 Å². The zero-order valence-corrected chi connectivity index (χ0v) is 13.2. The van der Waals surface area contributed by atoms with E-state index in [0.717, 1.165) is 0 Å². The SMILES string of the molecule is CC(C)(C)/C=C/C1(C(C)(C)C)SCCCS1. The maximum atomic E-state index is 2.47. The number of rotatable bonds is 1. The van der Waals surface area contributed by atoms with E-state index >= 15 is 0 Å². The van der Waals surface area contributed by atoms with Gasteiger partial charge in [0.05, 0.1) is 4.08 Å². The molecule has 1 fully saturated rings. The highest BCUT2D eigenvalue weighted by molar-refractivity contribution is 8.19. The molecular weight excluding hydrogens is 232 g/mol. The van der Waals surface area contributed by atoms with Crippen LogP contribution in [0.5, 0.6) is 0 Å². The lowest BCUT2D eigenvalue weighted by Gasteiger charge is -2.44. The fourth-order valence-electron chi connectivity index (χ4n) is 1.69. The standard InChI is InChI=1S/C14H26S2/c1-12(2,3)8-9-14(13(4,5)6)15-10-7-11-16-14/h8-9H,7,10-11H2,1-6H3/b9-8+. The molecule has 0 saturated carbocycles. The Hall–Kier alpha value is 0.440. The van der Waals surface area contributed by atoms with Gasteiger partial charge in [0.2, 0.25) is 0 Å². The van der Waals surface area contributed by atoms with Crippen molar-refractivity contribution in [2.24, 2.45) is 10.8 Å². The van der Waals surface area contributed by atoms with E-state index in [2.05, 4.69) is 77.2 Å². The molecule has 0 amide bonds. The monoisotopic (exact) mass is 258 g/mol. The normalized spacial score (nSPS) is 22.6. The Bertz CT molecular complexity index is 247. The fraction of sp³-hybridized carbons (Fsp3) is 0.857. The van der Waals surface area contributed by atoms with Crippen LogP contribution in [0.25, 0.3) is 0 Å². The van der Waals surface area contributed by atoms with Crippen LogP contribution in [0.15, 0.2) is 12.2 Å². The highest BCUT2D eigenvalue weighted by Crippen LogP contribution is 2.54. The zero-order chi connectivity index (χ0) is 12.4. The minimum Gasteiger partial charge on any atom is -0.139 e. The lowest BCUT2D eigenvalue weighted by molar-refractivity contribution is 0.404.